The summed E-state index contributed by atoms with van der Waals surface area (Å²) in [5.41, 5.74) is 0.816. The van der Waals surface area contributed by atoms with Gasteiger partial charge in [-0.1, -0.05) is 13.0 Å². The molecule has 1 fully saturated rings. The minimum Gasteiger partial charge on any atom is -0.325 e. The summed E-state index contributed by atoms with van der Waals surface area (Å²) in [4.78, 5) is 11.9. The summed E-state index contributed by atoms with van der Waals surface area (Å²) in [5.74, 6) is -0.598. The highest BCUT2D eigenvalue weighted by atomic mass is 32.2. The second-order valence-electron chi connectivity index (χ2n) is 6.07. The van der Waals surface area contributed by atoms with Gasteiger partial charge >= 0.3 is 0 Å². The van der Waals surface area contributed by atoms with Gasteiger partial charge in [0, 0.05) is 11.7 Å². The lowest BCUT2D eigenvalue weighted by molar-refractivity contribution is -0.113. The summed E-state index contributed by atoms with van der Waals surface area (Å²) in [6.07, 6.45) is 3.62. The molecule has 124 valence electrons. The number of nitriles is 1. The van der Waals surface area contributed by atoms with Crippen LogP contribution in [0.4, 0.5) is 5.69 Å². The van der Waals surface area contributed by atoms with E-state index in [1.165, 1.54) is 6.07 Å². The van der Waals surface area contributed by atoms with Gasteiger partial charge in [0.15, 0.2) is 0 Å². The Bertz CT molecular complexity index is 702. The van der Waals surface area contributed by atoms with Gasteiger partial charge in [-0.2, -0.15) is 5.26 Å². The smallest absolute Gasteiger partial charge is 0.240 e. The Morgan fingerprint density at radius 2 is 2.00 bits per heavy atom. The van der Waals surface area contributed by atoms with Crippen molar-refractivity contribution in [2.24, 2.45) is 5.92 Å². The topological polar surface area (TPSA) is 99.1 Å². The number of nitrogens with zero attached hydrogens (tertiary/aromatic N) is 1. The lowest BCUT2D eigenvalue weighted by Crippen LogP contribution is -2.41. The van der Waals surface area contributed by atoms with E-state index in [0.29, 0.717) is 17.2 Å². The highest BCUT2D eigenvalue weighted by molar-refractivity contribution is 7.90. The maximum Gasteiger partial charge on any atom is 0.240 e. The third kappa shape index (κ3) is 5.66. The van der Waals surface area contributed by atoms with Crippen LogP contribution in [-0.4, -0.2) is 26.1 Å². The van der Waals surface area contributed by atoms with E-state index in [4.69, 9.17) is 5.26 Å². The van der Waals surface area contributed by atoms with Gasteiger partial charge in [-0.3, -0.25) is 4.79 Å². The zero-order chi connectivity index (χ0) is 16.9. The number of nitrogens with one attached hydrogen (secondary N) is 2. The van der Waals surface area contributed by atoms with Crippen LogP contribution in [-0.2, 0) is 14.8 Å². The van der Waals surface area contributed by atoms with Crippen molar-refractivity contribution < 1.29 is 13.2 Å². The SMILES string of the molecule is CC1CCC(NS(=O)(=O)CC(=O)Nc2cccc(C#N)c2)CC1. The van der Waals surface area contributed by atoms with Crippen LogP contribution in [0, 0.1) is 17.2 Å². The van der Waals surface area contributed by atoms with Gasteiger partial charge in [0.1, 0.15) is 5.75 Å². The van der Waals surface area contributed by atoms with Gasteiger partial charge < -0.3 is 5.32 Å². The van der Waals surface area contributed by atoms with Crippen LogP contribution in [0.15, 0.2) is 24.3 Å². The summed E-state index contributed by atoms with van der Waals surface area (Å²) in [6, 6.07) is 8.24. The van der Waals surface area contributed by atoms with Crippen LogP contribution < -0.4 is 10.0 Å². The molecule has 6 nitrogen and oxygen atoms in total. The standard InChI is InChI=1S/C16H21N3O3S/c1-12-5-7-14(8-6-12)19-23(21,22)11-16(20)18-15-4-2-3-13(9-15)10-17/h2-4,9,12,14,19H,5-8,11H2,1H3,(H,18,20). The second kappa shape index (κ2) is 7.57. The number of anilines is 1. The van der Waals surface area contributed by atoms with Crippen LogP contribution in [0.25, 0.3) is 0 Å². The molecule has 0 saturated heterocycles. The number of benzene rings is 1. The first-order valence-electron chi connectivity index (χ1n) is 7.68. The minimum atomic E-state index is -3.66. The number of hydrogen-bond donors (Lipinski definition) is 2. The molecule has 7 heteroatoms. The number of carbonyl (C=O) groups excluding carboxylic acids is 1. The van der Waals surface area contributed by atoms with Crippen molar-refractivity contribution in [1.29, 1.82) is 5.26 Å². The van der Waals surface area contributed by atoms with Crippen LogP contribution >= 0.6 is 0 Å². The number of amides is 1. The Morgan fingerprint density at radius 3 is 2.65 bits per heavy atom. The van der Waals surface area contributed by atoms with Crippen LogP contribution in [0.3, 0.4) is 0 Å². The molecule has 0 aliphatic heterocycles. The van der Waals surface area contributed by atoms with E-state index < -0.39 is 21.7 Å². The van der Waals surface area contributed by atoms with Crippen molar-refractivity contribution in [3.8, 4) is 6.07 Å². The molecule has 2 rings (SSSR count). The van der Waals surface area contributed by atoms with Gasteiger partial charge in [-0.15, -0.1) is 0 Å². The largest absolute Gasteiger partial charge is 0.325 e. The number of sulfonamides is 1. The Hall–Kier alpha value is -1.91. The van der Waals surface area contributed by atoms with Crippen LogP contribution in [0.1, 0.15) is 38.2 Å². The van der Waals surface area contributed by atoms with Crippen molar-refractivity contribution in [2.75, 3.05) is 11.1 Å². The fourth-order valence-electron chi connectivity index (χ4n) is 2.71. The van der Waals surface area contributed by atoms with Gasteiger partial charge in [-0.05, 0) is 49.8 Å². The molecule has 0 aromatic heterocycles. The molecule has 1 aromatic carbocycles. The van der Waals surface area contributed by atoms with E-state index in [1.807, 2.05) is 6.07 Å². The van der Waals surface area contributed by atoms with Crippen molar-refractivity contribution >= 4 is 21.6 Å². The number of carbonyl (C=O) groups is 1. The molecule has 1 amide bonds. The first kappa shape index (κ1) is 17.4. The fourth-order valence-corrected chi connectivity index (χ4v) is 3.95. The molecule has 0 unspecified atom stereocenters. The molecule has 1 aliphatic carbocycles. The van der Waals surface area contributed by atoms with Crippen molar-refractivity contribution in [3.05, 3.63) is 29.8 Å². The second-order valence-corrected chi connectivity index (χ2v) is 7.83. The summed E-state index contributed by atoms with van der Waals surface area (Å²) >= 11 is 0. The first-order valence-corrected chi connectivity index (χ1v) is 9.33. The van der Waals surface area contributed by atoms with E-state index in [0.717, 1.165) is 25.7 Å². The third-order valence-corrected chi connectivity index (χ3v) is 5.29. The number of rotatable bonds is 5. The molecule has 23 heavy (non-hydrogen) atoms. The van der Waals surface area contributed by atoms with Gasteiger partial charge in [-0.25, -0.2) is 13.1 Å². The zero-order valence-corrected chi connectivity index (χ0v) is 13.9. The maximum absolute atomic E-state index is 12.1. The quantitative estimate of drug-likeness (QED) is 0.859. The van der Waals surface area contributed by atoms with Gasteiger partial charge in [0.25, 0.3) is 0 Å². The van der Waals surface area contributed by atoms with E-state index in [2.05, 4.69) is 17.0 Å². The molecule has 0 bridgehead atoms. The average molecular weight is 335 g/mol. The van der Waals surface area contributed by atoms with E-state index in [9.17, 15) is 13.2 Å². The van der Waals surface area contributed by atoms with Crippen molar-refractivity contribution in [1.82, 2.24) is 4.72 Å². The fraction of sp³-hybridized carbons (Fsp3) is 0.500. The molecule has 1 aromatic rings. The van der Waals surface area contributed by atoms with Crippen molar-refractivity contribution in [2.45, 2.75) is 38.6 Å². The van der Waals surface area contributed by atoms with Crippen LogP contribution in [0.5, 0.6) is 0 Å². The predicted octanol–water partition coefficient (Wildman–Crippen LogP) is 1.99. The monoisotopic (exact) mass is 335 g/mol. The zero-order valence-electron chi connectivity index (χ0n) is 13.1. The normalized spacial score (nSPS) is 21.4. The molecule has 0 radical (unpaired) electrons. The highest BCUT2D eigenvalue weighted by Crippen LogP contribution is 2.23. The maximum atomic E-state index is 12.1. The molecule has 1 saturated carbocycles. The highest BCUT2D eigenvalue weighted by Gasteiger charge is 2.24. The lowest BCUT2D eigenvalue weighted by Gasteiger charge is -2.26. The summed E-state index contributed by atoms with van der Waals surface area (Å²) in [7, 11) is -3.66. The molecule has 0 spiro atoms. The molecule has 1 aliphatic rings. The Balaban J connectivity index is 1.89. The van der Waals surface area contributed by atoms with E-state index in [-0.39, 0.29) is 6.04 Å². The van der Waals surface area contributed by atoms with Crippen molar-refractivity contribution in [3.63, 3.8) is 0 Å². The molecule has 0 heterocycles. The number of hydrogen-bond acceptors (Lipinski definition) is 4. The molecular weight excluding hydrogens is 314 g/mol. The first-order chi connectivity index (χ1) is 10.9. The van der Waals surface area contributed by atoms with E-state index >= 15 is 0 Å². The Labute approximate surface area is 136 Å². The third-order valence-electron chi connectivity index (χ3n) is 3.96. The molecular formula is C16H21N3O3S. The predicted molar refractivity (Wildman–Crippen MR) is 88.1 cm³/mol. The molecule has 0 atom stereocenters. The Morgan fingerprint density at radius 1 is 1.30 bits per heavy atom. The summed E-state index contributed by atoms with van der Waals surface area (Å²) in [6.45, 7) is 2.16. The van der Waals surface area contributed by atoms with Gasteiger partial charge in [0.2, 0.25) is 15.9 Å². The average Bonchev–Trinajstić information content (AvgIpc) is 2.49. The lowest BCUT2D eigenvalue weighted by atomic mass is 9.88. The minimum absolute atomic E-state index is 0.0779. The van der Waals surface area contributed by atoms with Gasteiger partial charge in [0.05, 0.1) is 11.6 Å². The Kier molecular flexibility index (Phi) is 5.74. The molecule has 2 N–H and O–H groups in total. The van der Waals surface area contributed by atoms with E-state index in [1.54, 1.807) is 18.2 Å². The summed E-state index contributed by atoms with van der Waals surface area (Å²) in [5, 5.41) is 11.3. The summed E-state index contributed by atoms with van der Waals surface area (Å²) < 4.78 is 26.8. The van der Waals surface area contributed by atoms with Crippen LogP contribution in [0.2, 0.25) is 0 Å².